The van der Waals surface area contributed by atoms with Crippen molar-refractivity contribution >= 4 is 10.8 Å². The molecule has 0 atom stereocenters. The molecule has 0 heterocycles. The maximum absolute atomic E-state index is 5.91. The summed E-state index contributed by atoms with van der Waals surface area (Å²) >= 11 is 0. The Morgan fingerprint density at radius 2 is 1.55 bits per heavy atom. The summed E-state index contributed by atoms with van der Waals surface area (Å²) in [6.45, 7) is 4.84. The molecule has 0 saturated heterocycles. The minimum Gasteiger partial charge on any atom is -0.489 e. The lowest BCUT2D eigenvalue weighted by Gasteiger charge is -2.09. The third-order valence-corrected chi connectivity index (χ3v) is 3.62. The summed E-state index contributed by atoms with van der Waals surface area (Å²) in [6.07, 6.45) is 0. The van der Waals surface area contributed by atoms with Crippen LogP contribution in [-0.4, -0.2) is 0 Å². The molecule has 3 aromatic rings. The Balaban J connectivity index is 1.81. The molecule has 0 aliphatic carbocycles. The van der Waals surface area contributed by atoms with Gasteiger partial charge in [0.15, 0.2) is 0 Å². The Morgan fingerprint density at radius 3 is 2.40 bits per heavy atom. The average Bonchev–Trinajstić information content (AvgIpc) is 2.46. The van der Waals surface area contributed by atoms with Crippen LogP contribution in [0.1, 0.15) is 16.7 Å². The minimum absolute atomic E-state index is 0.615. The van der Waals surface area contributed by atoms with Crippen molar-refractivity contribution in [2.75, 3.05) is 0 Å². The SMILES string of the molecule is Cc1ccc2cc(OCc3ccccc3C)ccc2c1. The van der Waals surface area contributed by atoms with E-state index in [-0.39, 0.29) is 0 Å². The largest absolute Gasteiger partial charge is 0.489 e. The molecular weight excluding hydrogens is 244 g/mol. The predicted octanol–water partition coefficient (Wildman–Crippen LogP) is 5.04. The summed E-state index contributed by atoms with van der Waals surface area (Å²) < 4.78 is 5.91. The van der Waals surface area contributed by atoms with Gasteiger partial charge in [0.1, 0.15) is 12.4 Å². The second-order valence-corrected chi connectivity index (χ2v) is 5.23. The van der Waals surface area contributed by atoms with Gasteiger partial charge in [0.05, 0.1) is 0 Å². The highest BCUT2D eigenvalue weighted by Crippen LogP contribution is 2.23. The van der Waals surface area contributed by atoms with Gasteiger partial charge in [-0.1, -0.05) is 54.1 Å². The molecule has 0 fully saturated rings. The number of rotatable bonds is 3. The topological polar surface area (TPSA) is 9.23 Å². The van der Waals surface area contributed by atoms with E-state index in [1.54, 1.807) is 0 Å². The molecule has 0 N–H and O–H groups in total. The van der Waals surface area contributed by atoms with Crippen LogP contribution in [0.25, 0.3) is 10.8 Å². The first-order valence-corrected chi connectivity index (χ1v) is 6.90. The zero-order valence-corrected chi connectivity index (χ0v) is 11.9. The highest BCUT2D eigenvalue weighted by molar-refractivity contribution is 5.84. The molecule has 0 bridgehead atoms. The fraction of sp³-hybridized carbons (Fsp3) is 0.158. The van der Waals surface area contributed by atoms with E-state index in [4.69, 9.17) is 4.74 Å². The van der Waals surface area contributed by atoms with Gasteiger partial charge < -0.3 is 4.74 Å². The number of hydrogen-bond acceptors (Lipinski definition) is 1. The fourth-order valence-corrected chi connectivity index (χ4v) is 2.37. The van der Waals surface area contributed by atoms with Crippen LogP contribution in [0.15, 0.2) is 60.7 Å². The summed E-state index contributed by atoms with van der Waals surface area (Å²) in [6, 6.07) is 21.1. The van der Waals surface area contributed by atoms with Gasteiger partial charge in [0.25, 0.3) is 0 Å². The van der Waals surface area contributed by atoms with E-state index < -0.39 is 0 Å². The van der Waals surface area contributed by atoms with Crippen molar-refractivity contribution in [2.24, 2.45) is 0 Å². The van der Waals surface area contributed by atoms with Crippen molar-refractivity contribution < 1.29 is 4.74 Å². The van der Waals surface area contributed by atoms with Crippen molar-refractivity contribution in [3.8, 4) is 5.75 Å². The molecule has 1 heteroatoms. The van der Waals surface area contributed by atoms with Crippen LogP contribution in [0.2, 0.25) is 0 Å². The third kappa shape index (κ3) is 2.67. The summed E-state index contributed by atoms with van der Waals surface area (Å²) in [7, 11) is 0. The highest BCUT2D eigenvalue weighted by atomic mass is 16.5. The van der Waals surface area contributed by atoms with E-state index in [0.29, 0.717) is 6.61 Å². The van der Waals surface area contributed by atoms with Gasteiger partial charge in [-0.25, -0.2) is 0 Å². The van der Waals surface area contributed by atoms with Gasteiger partial charge in [0.2, 0.25) is 0 Å². The summed E-state index contributed by atoms with van der Waals surface area (Å²) in [4.78, 5) is 0. The molecule has 100 valence electrons. The maximum Gasteiger partial charge on any atom is 0.120 e. The quantitative estimate of drug-likeness (QED) is 0.643. The van der Waals surface area contributed by atoms with Crippen LogP contribution in [0, 0.1) is 13.8 Å². The van der Waals surface area contributed by atoms with E-state index in [9.17, 15) is 0 Å². The van der Waals surface area contributed by atoms with E-state index >= 15 is 0 Å². The van der Waals surface area contributed by atoms with Gasteiger partial charge in [0, 0.05) is 0 Å². The normalized spacial score (nSPS) is 10.7. The Hall–Kier alpha value is -2.28. The van der Waals surface area contributed by atoms with E-state index in [1.807, 2.05) is 6.07 Å². The Morgan fingerprint density at radius 1 is 0.800 bits per heavy atom. The molecule has 0 unspecified atom stereocenters. The van der Waals surface area contributed by atoms with Crippen LogP contribution in [0.4, 0.5) is 0 Å². The van der Waals surface area contributed by atoms with Crippen molar-refractivity contribution in [1.29, 1.82) is 0 Å². The smallest absolute Gasteiger partial charge is 0.120 e. The van der Waals surface area contributed by atoms with Crippen LogP contribution < -0.4 is 4.74 Å². The van der Waals surface area contributed by atoms with Gasteiger partial charge in [-0.3, -0.25) is 0 Å². The average molecular weight is 262 g/mol. The lowest BCUT2D eigenvalue weighted by atomic mass is 10.1. The number of hydrogen-bond donors (Lipinski definition) is 0. The van der Waals surface area contributed by atoms with Gasteiger partial charge >= 0.3 is 0 Å². The molecular formula is C19H18O. The second kappa shape index (κ2) is 5.38. The molecule has 0 aromatic heterocycles. The van der Waals surface area contributed by atoms with E-state index in [0.717, 1.165) is 5.75 Å². The van der Waals surface area contributed by atoms with Gasteiger partial charge in [-0.05, 0) is 47.9 Å². The molecule has 3 aromatic carbocycles. The molecule has 0 amide bonds. The number of aryl methyl sites for hydroxylation is 2. The first-order chi connectivity index (χ1) is 9.72. The van der Waals surface area contributed by atoms with Crippen LogP contribution in [0.3, 0.4) is 0 Å². The fourth-order valence-electron chi connectivity index (χ4n) is 2.37. The number of ether oxygens (including phenoxy) is 1. The molecule has 0 radical (unpaired) electrons. The molecule has 3 rings (SSSR count). The highest BCUT2D eigenvalue weighted by Gasteiger charge is 2.01. The molecule has 0 spiro atoms. The van der Waals surface area contributed by atoms with Crippen molar-refractivity contribution in [1.82, 2.24) is 0 Å². The Bertz CT molecular complexity index is 744. The maximum atomic E-state index is 5.91. The van der Waals surface area contributed by atoms with Crippen LogP contribution >= 0.6 is 0 Å². The summed E-state index contributed by atoms with van der Waals surface area (Å²) in [5, 5.41) is 2.48. The standard InChI is InChI=1S/C19H18O/c1-14-7-8-17-12-19(10-9-16(17)11-14)20-13-18-6-4-3-5-15(18)2/h3-12H,13H2,1-2H3. The lowest BCUT2D eigenvalue weighted by Crippen LogP contribution is -1.97. The summed E-state index contributed by atoms with van der Waals surface area (Å²) in [5.41, 5.74) is 3.78. The molecule has 0 aliphatic rings. The van der Waals surface area contributed by atoms with Gasteiger partial charge in [-0.15, -0.1) is 0 Å². The zero-order valence-electron chi connectivity index (χ0n) is 11.9. The molecule has 1 nitrogen and oxygen atoms in total. The minimum atomic E-state index is 0.615. The number of benzene rings is 3. The summed E-state index contributed by atoms with van der Waals surface area (Å²) in [5.74, 6) is 0.921. The van der Waals surface area contributed by atoms with Crippen LogP contribution in [0.5, 0.6) is 5.75 Å². The van der Waals surface area contributed by atoms with Crippen LogP contribution in [-0.2, 0) is 6.61 Å². The predicted molar refractivity (Wildman–Crippen MR) is 84.2 cm³/mol. The van der Waals surface area contributed by atoms with E-state index in [1.165, 1.54) is 27.5 Å². The lowest BCUT2D eigenvalue weighted by molar-refractivity contribution is 0.306. The third-order valence-electron chi connectivity index (χ3n) is 3.62. The monoisotopic (exact) mass is 262 g/mol. The Labute approximate surface area is 119 Å². The van der Waals surface area contributed by atoms with Crippen molar-refractivity contribution in [2.45, 2.75) is 20.5 Å². The van der Waals surface area contributed by atoms with Crippen molar-refractivity contribution in [3.05, 3.63) is 77.4 Å². The van der Waals surface area contributed by atoms with E-state index in [2.05, 4.69) is 68.4 Å². The molecule has 0 saturated carbocycles. The Kier molecular flexibility index (Phi) is 3.42. The molecule has 20 heavy (non-hydrogen) atoms. The van der Waals surface area contributed by atoms with Crippen molar-refractivity contribution in [3.63, 3.8) is 0 Å². The first-order valence-electron chi connectivity index (χ1n) is 6.90. The van der Waals surface area contributed by atoms with Gasteiger partial charge in [-0.2, -0.15) is 0 Å². The first kappa shape index (κ1) is 12.7. The second-order valence-electron chi connectivity index (χ2n) is 5.23. The number of fused-ring (bicyclic) bond motifs is 1. The molecule has 0 aliphatic heterocycles. The zero-order chi connectivity index (χ0) is 13.9.